The van der Waals surface area contributed by atoms with Crippen molar-refractivity contribution in [2.75, 3.05) is 6.61 Å². The van der Waals surface area contributed by atoms with E-state index in [9.17, 15) is 13.6 Å². The molecule has 1 aromatic rings. The van der Waals surface area contributed by atoms with Gasteiger partial charge in [-0.15, -0.1) is 11.6 Å². The third kappa shape index (κ3) is 3.26. The van der Waals surface area contributed by atoms with Crippen LogP contribution in [0.2, 0.25) is 5.15 Å². The molecule has 0 radical (unpaired) electrons. The highest BCUT2D eigenvalue weighted by Gasteiger charge is 2.23. The fraction of sp³-hybridized carbons (Fsp3) is 0.400. The van der Waals surface area contributed by atoms with Crippen LogP contribution >= 0.6 is 23.2 Å². The average Bonchev–Trinajstić information content (AvgIpc) is 2.28. The number of alkyl halides is 3. The number of hydrogen-bond acceptors (Lipinski definition) is 3. The Labute approximate surface area is 107 Å². The highest BCUT2D eigenvalue weighted by molar-refractivity contribution is 6.31. The third-order valence-corrected chi connectivity index (χ3v) is 2.54. The number of carbonyl (C=O) groups is 1. The lowest BCUT2D eigenvalue weighted by atomic mass is 10.1. The van der Waals surface area contributed by atoms with Gasteiger partial charge in [0.1, 0.15) is 5.15 Å². The van der Waals surface area contributed by atoms with Gasteiger partial charge < -0.3 is 4.74 Å². The normalized spacial score (nSPS) is 10.7. The molecule has 0 aromatic carbocycles. The maximum Gasteiger partial charge on any atom is 0.357 e. The summed E-state index contributed by atoms with van der Waals surface area (Å²) in [6.07, 6.45) is -2.85. The molecule has 94 valence electrons. The lowest BCUT2D eigenvalue weighted by molar-refractivity contribution is 0.0507. The molecule has 0 bridgehead atoms. The largest absolute Gasteiger partial charge is 0.461 e. The van der Waals surface area contributed by atoms with Crippen LogP contribution in [-0.2, 0) is 10.6 Å². The van der Waals surface area contributed by atoms with Gasteiger partial charge in [-0.1, -0.05) is 11.6 Å². The molecule has 0 amide bonds. The predicted octanol–water partition coefficient (Wildman–Crippen LogP) is 3.59. The number of nitrogens with zero attached hydrogens (tertiary/aromatic N) is 1. The van der Waals surface area contributed by atoms with Crippen LogP contribution in [0.1, 0.15) is 35.0 Å². The van der Waals surface area contributed by atoms with Gasteiger partial charge >= 0.3 is 5.97 Å². The zero-order valence-electron chi connectivity index (χ0n) is 8.84. The van der Waals surface area contributed by atoms with Crippen molar-refractivity contribution in [1.82, 2.24) is 4.98 Å². The van der Waals surface area contributed by atoms with E-state index in [0.717, 1.165) is 6.07 Å². The molecule has 0 atom stereocenters. The Bertz CT molecular complexity index is 427. The molecule has 17 heavy (non-hydrogen) atoms. The van der Waals surface area contributed by atoms with Gasteiger partial charge in [0.15, 0.2) is 5.69 Å². The molecule has 0 aliphatic heterocycles. The molecule has 0 N–H and O–H groups in total. The fourth-order valence-corrected chi connectivity index (χ4v) is 1.65. The molecule has 0 aliphatic carbocycles. The van der Waals surface area contributed by atoms with Crippen molar-refractivity contribution in [3.63, 3.8) is 0 Å². The zero-order valence-corrected chi connectivity index (χ0v) is 10.4. The van der Waals surface area contributed by atoms with Crippen molar-refractivity contribution in [2.24, 2.45) is 0 Å². The van der Waals surface area contributed by atoms with Crippen molar-refractivity contribution < 1.29 is 18.3 Å². The summed E-state index contributed by atoms with van der Waals surface area (Å²) < 4.78 is 30.1. The Morgan fingerprint density at radius 2 is 2.24 bits per heavy atom. The lowest BCUT2D eigenvalue weighted by Crippen LogP contribution is -2.12. The van der Waals surface area contributed by atoms with Crippen LogP contribution in [0.3, 0.4) is 0 Å². The minimum absolute atomic E-state index is 0.0609. The summed E-state index contributed by atoms with van der Waals surface area (Å²) >= 11 is 11.2. The van der Waals surface area contributed by atoms with Gasteiger partial charge in [-0.25, -0.2) is 18.6 Å². The van der Waals surface area contributed by atoms with Gasteiger partial charge in [0.05, 0.1) is 18.1 Å². The van der Waals surface area contributed by atoms with Crippen LogP contribution < -0.4 is 0 Å². The third-order valence-electron chi connectivity index (χ3n) is 1.93. The molecule has 0 saturated heterocycles. The van der Waals surface area contributed by atoms with Gasteiger partial charge in [-0.2, -0.15) is 0 Å². The van der Waals surface area contributed by atoms with Gasteiger partial charge in [0.2, 0.25) is 0 Å². The summed E-state index contributed by atoms with van der Waals surface area (Å²) in [7, 11) is 0. The SMILES string of the molecule is CCOC(=O)c1nc(Cl)c(CCl)cc1C(F)F. The first-order chi connectivity index (χ1) is 8.01. The summed E-state index contributed by atoms with van der Waals surface area (Å²) in [5.41, 5.74) is -0.749. The molecule has 1 heterocycles. The first kappa shape index (κ1) is 14.1. The number of hydrogen-bond donors (Lipinski definition) is 0. The summed E-state index contributed by atoms with van der Waals surface area (Å²) in [5.74, 6) is -0.986. The fourth-order valence-electron chi connectivity index (χ4n) is 1.17. The maximum atomic E-state index is 12.7. The second kappa shape index (κ2) is 6.12. The van der Waals surface area contributed by atoms with E-state index >= 15 is 0 Å². The van der Waals surface area contributed by atoms with Crippen LogP contribution in [0.25, 0.3) is 0 Å². The number of aromatic nitrogens is 1. The van der Waals surface area contributed by atoms with E-state index in [1.165, 1.54) is 0 Å². The van der Waals surface area contributed by atoms with Crippen LogP contribution in [0.15, 0.2) is 6.07 Å². The quantitative estimate of drug-likeness (QED) is 0.482. The van der Waals surface area contributed by atoms with Crippen molar-refractivity contribution in [2.45, 2.75) is 19.2 Å². The van der Waals surface area contributed by atoms with Crippen LogP contribution in [0, 0.1) is 0 Å². The number of ether oxygens (including phenoxy) is 1. The molecule has 7 heteroatoms. The van der Waals surface area contributed by atoms with Crippen molar-refractivity contribution in [3.05, 3.63) is 28.0 Å². The Hall–Kier alpha value is -0.940. The van der Waals surface area contributed by atoms with Gasteiger partial charge in [0, 0.05) is 5.56 Å². The Morgan fingerprint density at radius 1 is 1.59 bits per heavy atom. The van der Waals surface area contributed by atoms with E-state index in [2.05, 4.69) is 9.72 Å². The van der Waals surface area contributed by atoms with Crippen LogP contribution in [-0.4, -0.2) is 17.6 Å². The maximum absolute atomic E-state index is 12.7. The van der Waals surface area contributed by atoms with E-state index in [1.54, 1.807) is 6.92 Å². The minimum Gasteiger partial charge on any atom is -0.461 e. The van der Waals surface area contributed by atoms with E-state index in [0.29, 0.717) is 0 Å². The molecule has 3 nitrogen and oxygen atoms in total. The molecule has 1 aromatic heterocycles. The topological polar surface area (TPSA) is 39.2 Å². The highest BCUT2D eigenvalue weighted by atomic mass is 35.5. The predicted molar refractivity (Wildman–Crippen MR) is 59.7 cm³/mol. The van der Waals surface area contributed by atoms with E-state index < -0.39 is 23.7 Å². The van der Waals surface area contributed by atoms with Crippen molar-refractivity contribution >= 4 is 29.2 Å². The summed E-state index contributed by atoms with van der Waals surface area (Å²) in [6.45, 7) is 1.63. The molecule has 0 spiro atoms. The van der Waals surface area contributed by atoms with Gasteiger partial charge in [-0.3, -0.25) is 0 Å². The number of carbonyl (C=O) groups excluding carboxylic acids is 1. The van der Waals surface area contributed by atoms with Crippen LogP contribution in [0.4, 0.5) is 8.78 Å². The number of halogens is 4. The molecule has 0 saturated carbocycles. The molecule has 0 aliphatic rings. The molecule has 0 unspecified atom stereocenters. The number of rotatable bonds is 4. The Morgan fingerprint density at radius 3 is 2.71 bits per heavy atom. The van der Waals surface area contributed by atoms with E-state index in [1.807, 2.05) is 0 Å². The lowest BCUT2D eigenvalue weighted by Gasteiger charge is -2.10. The summed E-state index contributed by atoms with van der Waals surface area (Å²) in [5, 5.41) is -0.0764. The van der Waals surface area contributed by atoms with Crippen molar-refractivity contribution in [1.29, 1.82) is 0 Å². The van der Waals surface area contributed by atoms with E-state index in [-0.39, 0.29) is 23.2 Å². The summed E-state index contributed by atoms with van der Waals surface area (Å²) in [6, 6.07) is 1.07. The van der Waals surface area contributed by atoms with Crippen molar-refractivity contribution in [3.8, 4) is 0 Å². The zero-order chi connectivity index (χ0) is 13.0. The van der Waals surface area contributed by atoms with Gasteiger partial charge in [-0.05, 0) is 13.0 Å². The molecule has 1 rings (SSSR count). The second-order valence-electron chi connectivity index (χ2n) is 3.03. The number of pyridine rings is 1. The molecular weight excluding hydrogens is 275 g/mol. The van der Waals surface area contributed by atoms with Gasteiger partial charge in [0.25, 0.3) is 6.43 Å². The summed E-state index contributed by atoms with van der Waals surface area (Å²) in [4.78, 5) is 15.0. The average molecular weight is 284 g/mol. The van der Waals surface area contributed by atoms with E-state index in [4.69, 9.17) is 23.2 Å². The standard InChI is InChI=1S/C10H9Cl2F2NO2/c1-2-17-10(16)7-6(9(13)14)3-5(4-11)8(12)15-7/h3,9H,2,4H2,1H3. The Balaban J connectivity index is 3.27. The molecule has 0 fully saturated rings. The molecular formula is C10H9Cl2F2NO2. The first-order valence-electron chi connectivity index (χ1n) is 4.71. The first-order valence-corrected chi connectivity index (χ1v) is 5.63. The second-order valence-corrected chi connectivity index (χ2v) is 3.66. The number of esters is 1. The Kier molecular flexibility index (Phi) is 5.08. The monoisotopic (exact) mass is 283 g/mol. The smallest absolute Gasteiger partial charge is 0.357 e. The highest BCUT2D eigenvalue weighted by Crippen LogP contribution is 2.27. The van der Waals surface area contributed by atoms with Crippen LogP contribution in [0.5, 0.6) is 0 Å². The minimum atomic E-state index is -2.85.